The maximum atomic E-state index is 12.3. The summed E-state index contributed by atoms with van der Waals surface area (Å²) >= 11 is 0. The molecule has 0 aliphatic carbocycles. The van der Waals surface area contributed by atoms with Crippen molar-refractivity contribution in [3.8, 4) is 5.75 Å². The van der Waals surface area contributed by atoms with Crippen LogP contribution < -0.4 is 10.5 Å². The molecule has 2 N–H and O–H groups in total. The van der Waals surface area contributed by atoms with E-state index in [2.05, 4.69) is 0 Å². The van der Waals surface area contributed by atoms with Crippen LogP contribution in [0.4, 0.5) is 0 Å². The fourth-order valence-corrected chi connectivity index (χ4v) is 2.12. The summed E-state index contributed by atoms with van der Waals surface area (Å²) in [7, 11) is 1.78. The minimum absolute atomic E-state index is 0.0167. The van der Waals surface area contributed by atoms with E-state index < -0.39 is 0 Å². The Bertz CT molecular complexity index is 623. The summed E-state index contributed by atoms with van der Waals surface area (Å²) in [6, 6.07) is 15.2. The molecule has 2 aromatic rings. The Balaban J connectivity index is 1.87. The fraction of sp³-hybridized carbons (Fsp3) is 0.278. The van der Waals surface area contributed by atoms with E-state index in [0.29, 0.717) is 25.3 Å². The van der Waals surface area contributed by atoms with Crippen LogP contribution in [0.25, 0.3) is 0 Å². The van der Waals surface area contributed by atoms with Crippen LogP contribution in [0, 0.1) is 6.92 Å². The summed E-state index contributed by atoms with van der Waals surface area (Å²) in [6.45, 7) is 3.48. The standard InChI is InChI=1S/C18H22N2O2/c1-14-5-3-4-6-17(14)22-12-11-20(2)18(21)16-9-7-15(13-19)8-10-16/h3-10H,11-13,19H2,1-2H3. The third kappa shape index (κ3) is 4.09. The number of ether oxygens (including phenoxy) is 1. The summed E-state index contributed by atoms with van der Waals surface area (Å²) in [4.78, 5) is 14.0. The average molecular weight is 298 g/mol. The summed E-state index contributed by atoms with van der Waals surface area (Å²) in [5, 5.41) is 0. The highest BCUT2D eigenvalue weighted by Crippen LogP contribution is 2.16. The Morgan fingerprint density at radius 2 is 1.82 bits per heavy atom. The predicted octanol–water partition coefficient (Wildman–Crippen LogP) is 2.60. The van der Waals surface area contributed by atoms with Crippen LogP contribution in [0.3, 0.4) is 0 Å². The number of hydrogen-bond acceptors (Lipinski definition) is 3. The number of amides is 1. The highest BCUT2D eigenvalue weighted by molar-refractivity contribution is 5.94. The van der Waals surface area contributed by atoms with Crippen LogP contribution in [0.2, 0.25) is 0 Å². The molecule has 0 radical (unpaired) electrons. The van der Waals surface area contributed by atoms with Crippen molar-refractivity contribution in [2.24, 2.45) is 5.73 Å². The van der Waals surface area contributed by atoms with Gasteiger partial charge in [0.1, 0.15) is 12.4 Å². The molecule has 0 aliphatic rings. The highest BCUT2D eigenvalue weighted by atomic mass is 16.5. The second-order valence-electron chi connectivity index (χ2n) is 5.24. The van der Waals surface area contributed by atoms with Crippen LogP contribution in [0.1, 0.15) is 21.5 Å². The van der Waals surface area contributed by atoms with Gasteiger partial charge in [-0.25, -0.2) is 0 Å². The second-order valence-corrected chi connectivity index (χ2v) is 5.24. The lowest BCUT2D eigenvalue weighted by atomic mass is 10.1. The lowest BCUT2D eigenvalue weighted by Gasteiger charge is -2.18. The normalized spacial score (nSPS) is 10.3. The Morgan fingerprint density at radius 1 is 1.14 bits per heavy atom. The Hall–Kier alpha value is -2.33. The van der Waals surface area contributed by atoms with Crippen molar-refractivity contribution in [2.45, 2.75) is 13.5 Å². The van der Waals surface area contributed by atoms with Crippen molar-refractivity contribution in [3.63, 3.8) is 0 Å². The van der Waals surface area contributed by atoms with Gasteiger partial charge in [-0.1, -0.05) is 30.3 Å². The SMILES string of the molecule is Cc1ccccc1OCCN(C)C(=O)c1ccc(CN)cc1. The molecular formula is C18H22N2O2. The molecule has 0 saturated heterocycles. The molecule has 0 spiro atoms. The van der Waals surface area contributed by atoms with Crippen molar-refractivity contribution in [1.82, 2.24) is 4.90 Å². The number of rotatable bonds is 6. The third-order valence-corrected chi connectivity index (χ3v) is 3.56. The number of nitrogens with two attached hydrogens (primary N) is 1. The van der Waals surface area contributed by atoms with Crippen molar-refractivity contribution >= 4 is 5.91 Å². The molecule has 1 amide bonds. The first-order valence-corrected chi connectivity index (χ1v) is 7.34. The summed E-state index contributed by atoms with van der Waals surface area (Å²) in [5.74, 6) is 0.840. The zero-order valence-corrected chi connectivity index (χ0v) is 13.1. The first kappa shape index (κ1) is 16.0. The first-order valence-electron chi connectivity index (χ1n) is 7.34. The van der Waals surface area contributed by atoms with E-state index >= 15 is 0 Å². The molecule has 0 saturated carbocycles. The zero-order valence-electron chi connectivity index (χ0n) is 13.1. The summed E-state index contributed by atoms with van der Waals surface area (Å²) < 4.78 is 5.72. The van der Waals surface area contributed by atoms with Crippen LogP contribution in [-0.2, 0) is 6.54 Å². The smallest absolute Gasteiger partial charge is 0.253 e. The number of carbonyl (C=O) groups excluding carboxylic acids is 1. The molecule has 0 aliphatic heterocycles. The van der Waals surface area contributed by atoms with Gasteiger partial charge in [-0.2, -0.15) is 0 Å². The lowest BCUT2D eigenvalue weighted by molar-refractivity contribution is 0.0773. The average Bonchev–Trinajstić information content (AvgIpc) is 2.56. The fourth-order valence-electron chi connectivity index (χ4n) is 2.12. The Kier molecular flexibility index (Phi) is 5.55. The molecule has 4 nitrogen and oxygen atoms in total. The monoisotopic (exact) mass is 298 g/mol. The van der Waals surface area contributed by atoms with Crippen molar-refractivity contribution in [2.75, 3.05) is 20.2 Å². The molecule has 0 unspecified atom stereocenters. The van der Waals surface area contributed by atoms with Gasteiger partial charge in [0.15, 0.2) is 0 Å². The van der Waals surface area contributed by atoms with Crippen LogP contribution in [-0.4, -0.2) is 31.0 Å². The molecule has 0 heterocycles. The number of nitrogens with zero attached hydrogens (tertiary/aromatic N) is 1. The number of para-hydroxylation sites is 1. The van der Waals surface area contributed by atoms with Gasteiger partial charge in [-0.3, -0.25) is 4.79 Å². The molecule has 2 rings (SSSR count). The number of carbonyl (C=O) groups is 1. The van der Waals surface area contributed by atoms with E-state index in [-0.39, 0.29) is 5.91 Å². The number of likely N-dealkylation sites (N-methyl/N-ethyl adjacent to an activating group) is 1. The van der Waals surface area contributed by atoms with Crippen LogP contribution in [0.15, 0.2) is 48.5 Å². The van der Waals surface area contributed by atoms with E-state index in [1.165, 1.54) is 0 Å². The molecule has 0 fully saturated rings. The topological polar surface area (TPSA) is 55.6 Å². The highest BCUT2D eigenvalue weighted by Gasteiger charge is 2.11. The van der Waals surface area contributed by atoms with Gasteiger partial charge in [0.05, 0.1) is 6.54 Å². The quantitative estimate of drug-likeness (QED) is 0.892. The predicted molar refractivity (Wildman–Crippen MR) is 88.0 cm³/mol. The van der Waals surface area contributed by atoms with Gasteiger partial charge in [0.2, 0.25) is 0 Å². The van der Waals surface area contributed by atoms with Gasteiger partial charge >= 0.3 is 0 Å². The molecular weight excluding hydrogens is 276 g/mol. The number of benzene rings is 2. The van der Waals surface area contributed by atoms with Crippen LogP contribution >= 0.6 is 0 Å². The van der Waals surface area contributed by atoms with Crippen molar-refractivity contribution in [3.05, 3.63) is 65.2 Å². The number of aryl methyl sites for hydroxylation is 1. The Morgan fingerprint density at radius 3 is 2.45 bits per heavy atom. The van der Waals surface area contributed by atoms with Crippen molar-refractivity contribution in [1.29, 1.82) is 0 Å². The van der Waals surface area contributed by atoms with Gasteiger partial charge in [-0.05, 0) is 36.2 Å². The summed E-state index contributed by atoms with van der Waals surface area (Å²) in [5.41, 5.74) is 8.33. The minimum Gasteiger partial charge on any atom is -0.491 e. The maximum absolute atomic E-state index is 12.3. The molecule has 0 bridgehead atoms. The maximum Gasteiger partial charge on any atom is 0.253 e. The van der Waals surface area contributed by atoms with E-state index in [4.69, 9.17) is 10.5 Å². The van der Waals surface area contributed by atoms with E-state index in [9.17, 15) is 4.79 Å². The van der Waals surface area contributed by atoms with Gasteiger partial charge < -0.3 is 15.4 Å². The zero-order chi connectivity index (χ0) is 15.9. The first-order chi connectivity index (χ1) is 10.6. The molecule has 2 aromatic carbocycles. The van der Waals surface area contributed by atoms with E-state index in [1.807, 2.05) is 55.5 Å². The molecule has 4 heteroatoms. The second kappa shape index (κ2) is 7.61. The molecule has 22 heavy (non-hydrogen) atoms. The van der Waals surface area contributed by atoms with Gasteiger partial charge in [-0.15, -0.1) is 0 Å². The van der Waals surface area contributed by atoms with Crippen LogP contribution in [0.5, 0.6) is 5.75 Å². The molecule has 116 valence electrons. The number of hydrogen-bond donors (Lipinski definition) is 1. The molecule has 0 atom stereocenters. The van der Waals surface area contributed by atoms with Gasteiger partial charge in [0.25, 0.3) is 5.91 Å². The largest absolute Gasteiger partial charge is 0.491 e. The Labute approximate surface area is 131 Å². The molecule has 0 aromatic heterocycles. The minimum atomic E-state index is -0.0167. The summed E-state index contributed by atoms with van der Waals surface area (Å²) in [6.07, 6.45) is 0. The lowest BCUT2D eigenvalue weighted by Crippen LogP contribution is -2.30. The third-order valence-electron chi connectivity index (χ3n) is 3.56. The van der Waals surface area contributed by atoms with E-state index in [1.54, 1.807) is 11.9 Å². The van der Waals surface area contributed by atoms with E-state index in [0.717, 1.165) is 16.9 Å². The van der Waals surface area contributed by atoms with Gasteiger partial charge in [0, 0.05) is 19.2 Å². The van der Waals surface area contributed by atoms with Crippen molar-refractivity contribution < 1.29 is 9.53 Å².